The molecule has 2 atom stereocenters. The number of nitrogens with two attached hydrogens (primary N) is 1. The first kappa shape index (κ1) is 37.1. The molecule has 1 aliphatic heterocycles. The van der Waals surface area contributed by atoms with Crippen LogP contribution in [0.1, 0.15) is 22.4 Å². The van der Waals surface area contributed by atoms with Crippen LogP contribution in [0, 0.1) is 0 Å². The second-order valence-electron chi connectivity index (χ2n) is 8.10. The van der Waals surface area contributed by atoms with Gasteiger partial charge in [0.25, 0.3) is 11.8 Å². The largest absolute Gasteiger partial charge is 1.00 e. The van der Waals surface area contributed by atoms with E-state index in [0.29, 0.717) is 5.16 Å². The zero-order valence-corrected chi connectivity index (χ0v) is 28.7. The Balaban J connectivity index is 0. The van der Waals surface area contributed by atoms with Crippen molar-refractivity contribution in [3.63, 3.8) is 0 Å². The number of oxime groups is 1. The van der Waals surface area contributed by atoms with Gasteiger partial charge in [-0.15, -0.1) is 16.4 Å². The van der Waals surface area contributed by atoms with Crippen LogP contribution in [0.5, 0.6) is 0 Å². The second-order valence-corrected chi connectivity index (χ2v) is 11.2. The van der Waals surface area contributed by atoms with Gasteiger partial charge in [0.05, 0.1) is 5.75 Å². The molecule has 0 saturated carbocycles. The number of amides is 2. The van der Waals surface area contributed by atoms with Gasteiger partial charge in [-0.25, -0.2) is 18.8 Å². The molecule has 0 bridgehead atoms. The minimum Gasteiger partial charge on any atom is -1.00 e. The van der Waals surface area contributed by atoms with E-state index in [9.17, 15) is 37.3 Å². The van der Waals surface area contributed by atoms with Crippen molar-refractivity contribution in [2.24, 2.45) is 12.2 Å². The predicted molar refractivity (Wildman–Crippen MR) is 133 cm³/mol. The molecule has 1 aliphatic rings. The van der Waals surface area contributed by atoms with Crippen molar-refractivity contribution in [3.05, 3.63) is 11.1 Å². The number of carboxylic acid groups (broad SMARTS) is 1. The van der Waals surface area contributed by atoms with Gasteiger partial charge in [0.2, 0.25) is 10.8 Å². The number of rotatable bonds is 12. The van der Waals surface area contributed by atoms with Gasteiger partial charge in [-0.2, -0.15) is 8.42 Å². The van der Waals surface area contributed by atoms with Crippen LogP contribution in [0.3, 0.4) is 0 Å². The molecule has 0 unspecified atom stereocenters. The summed E-state index contributed by atoms with van der Waals surface area (Å²) in [6.45, 7) is 1.59. The summed E-state index contributed by atoms with van der Waals surface area (Å²) >= 11 is 1.84. The number of nitrogen functional groups attached to an aromatic ring is 1. The molecule has 1 fully saturated rings. The smallest absolute Gasteiger partial charge is 1.00 e. The van der Waals surface area contributed by atoms with Crippen LogP contribution >= 0.6 is 23.1 Å². The van der Waals surface area contributed by atoms with Crippen LogP contribution < -0.4 is 70.2 Å². The summed E-state index contributed by atoms with van der Waals surface area (Å²) in [6, 6.07) is -3.13. The van der Waals surface area contributed by atoms with Gasteiger partial charge >= 0.3 is 81.4 Å². The van der Waals surface area contributed by atoms with E-state index >= 15 is 0 Å². The standard InChI is InChI=1S/C17H21N9O10S3.2Na.2H/c1-17(2,14(30)31)36-22-10(7-5-37-15(18)19-7)12(28)20-11-8(26(13(11)29)39(32,33)34)4-35-9(27)6-38-16-21-23-24-25(16)3;;;;/h5,8,11H,4,6H2,1-3H3,(H2,18,19)(H,20,28)(H,30,31)(H,32,33,34);;;;/q;2*+1;2*-1/b22-10+;;;;/t8-,11+;;;;/m0..../s1. The molecular weight excluding hydrogens is 632 g/mol. The van der Waals surface area contributed by atoms with E-state index in [1.807, 2.05) is 0 Å². The molecule has 19 nitrogen and oxygen atoms in total. The van der Waals surface area contributed by atoms with Crippen molar-refractivity contribution in [3.8, 4) is 0 Å². The molecule has 0 aromatic carbocycles. The number of esters is 1. The maximum Gasteiger partial charge on any atom is 1.00 e. The van der Waals surface area contributed by atoms with E-state index in [1.54, 1.807) is 0 Å². The van der Waals surface area contributed by atoms with E-state index in [0.717, 1.165) is 36.9 Å². The number of nitrogens with one attached hydrogen (secondary N) is 1. The number of aromatic nitrogens is 5. The second kappa shape index (κ2) is 15.0. The Hall–Kier alpha value is -1.89. The number of carbonyl (C=O) groups is 4. The van der Waals surface area contributed by atoms with Crippen LogP contribution in [0.25, 0.3) is 0 Å². The maximum absolute atomic E-state index is 13.0. The number of β-lactam (4-membered cyclic amide) rings is 1. The predicted octanol–water partition coefficient (Wildman–Crippen LogP) is -8.10. The third-order valence-corrected chi connectivity index (χ3v) is 7.49. The van der Waals surface area contributed by atoms with Crippen LogP contribution in [0.15, 0.2) is 15.7 Å². The van der Waals surface area contributed by atoms with Gasteiger partial charge in [-0.05, 0) is 24.3 Å². The summed E-state index contributed by atoms with van der Waals surface area (Å²) in [5.74, 6) is -4.90. The number of aliphatic carboxylic acids is 1. The maximum atomic E-state index is 13.0. The summed E-state index contributed by atoms with van der Waals surface area (Å²) in [6.07, 6.45) is 0. The molecule has 2 amide bonds. The summed E-state index contributed by atoms with van der Waals surface area (Å²) in [4.78, 5) is 57.9. The Morgan fingerprint density at radius 3 is 2.51 bits per heavy atom. The molecule has 2 aromatic rings. The van der Waals surface area contributed by atoms with E-state index in [4.69, 9.17) is 15.3 Å². The van der Waals surface area contributed by atoms with Crippen molar-refractivity contribution in [2.45, 2.75) is 36.7 Å². The number of hydrogen-bond acceptors (Lipinski definition) is 16. The molecule has 0 radical (unpaired) electrons. The summed E-state index contributed by atoms with van der Waals surface area (Å²) in [7, 11) is -3.55. The quantitative estimate of drug-likeness (QED) is 0.0314. The molecule has 0 spiro atoms. The number of aryl methyl sites for hydroxylation is 1. The van der Waals surface area contributed by atoms with Crippen LogP contribution in [0.4, 0.5) is 5.13 Å². The van der Waals surface area contributed by atoms with Crippen molar-refractivity contribution >= 4 is 68.0 Å². The van der Waals surface area contributed by atoms with Gasteiger partial charge in [0.1, 0.15) is 24.4 Å². The van der Waals surface area contributed by atoms with E-state index in [-0.39, 0.29) is 82.9 Å². The monoisotopic (exact) mass is 655 g/mol. The first-order valence-electron chi connectivity index (χ1n) is 10.4. The summed E-state index contributed by atoms with van der Waals surface area (Å²) < 4.78 is 39.2. The van der Waals surface area contributed by atoms with Crippen molar-refractivity contribution < 1.29 is 109 Å². The van der Waals surface area contributed by atoms with Gasteiger partial charge < -0.3 is 28.6 Å². The molecule has 41 heavy (non-hydrogen) atoms. The first-order valence-corrected chi connectivity index (χ1v) is 13.7. The third-order valence-electron chi connectivity index (χ3n) is 4.88. The molecule has 24 heteroatoms. The minimum absolute atomic E-state index is 0. The fraction of sp³-hybridized carbons (Fsp3) is 0.471. The zero-order valence-electron chi connectivity index (χ0n) is 24.2. The number of hydrogen-bond donors (Lipinski definition) is 4. The molecule has 1 saturated heterocycles. The Labute approximate surface area is 287 Å². The van der Waals surface area contributed by atoms with Crippen molar-refractivity contribution in [2.75, 3.05) is 18.1 Å². The third kappa shape index (κ3) is 9.30. The van der Waals surface area contributed by atoms with Gasteiger partial charge in [-0.1, -0.05) is 16.9 Å². The van der Waals surface area contributed by atoms with E-state index < -0.39 is 64.1 Å². The topological polar surface area (TPSA) is 271 Å². The number of nitrogens with zero attached hydrogens (tertiary/aromatic N) is 7. The van der Waals surface area contributed by atoms with Gasteiger partial charge in [0, 0.05) is 12.4 Å². The van der Waals surface area contributed by atoms with Crippen LogP contribution in [-0.4, -0.2) is 107 Å². The Kier molecular flexibility index (Phi) is 13.6. The molecule has 2 aromatic heterocycles. The minimum atomic E-state index is -5.08. The van der Waals surface area contributed by atoms with Gasteiger partial charge in [-0.3, -0.25) is 18.9 Å². The van der Waals surface area contributed by atoms with Crippen LogP contribution in [0.2, 0.25) is 0 Å². The number of thioether (sulfide) groups is 1. The average molecular weight is 656 g/mol. The van der Waals surface area contributed by atoms with Gasteiger partial charge in [0.15, 0.2) is 10.8 Å². The van der Waals surface area contributed by atoms with E-state index in [2.05, 4.69) is 31.0 Å². The fourth-order valence-corrected chi connectivity index (χ4v) is 4.88. The SMILES string of the molecule is Cn1nnnc1SCC(=O)OC[C@H]1[C@@H](NC(=O)/C(=N/OC(C)(C)C(=O)O)c2csc(N)n2)C(=O)N1S(=O)(=O)O.[H-].[H-].[Na+].[Na+]. The molecule has 216 valence electrons. The number of tetrazole rings is 1. The molecule has 3 heterocycles. The molecule has 5 N–H and O–H groups in total. The summed E-state index contributed by atoms with van der Waals surface area (Å²) in [5, 5.41) is 27.3. The molecule has 0 aliphatic carbocycles. The number of anilines is 1. The Morgan fingerprint density at radius 2 is 2.00 bits per heavy atom. The number of carboxylic acids is 1. The summed E-state index contributed by atoms with van der Waals surface area (Å²) in [5.41, 5.74) is 3.02. The van der Waals surface area contributed by atoms with E-state index in [1.165, 1.54) is 17.1 Å². The molecular formula is C17H23N9Na2O10S3. The molecule has 3 rings (SSSR count). The number of thiazole rings is 1. The fourth-order valence-electron chi connectivity index (χ4n) is 2.82. The first-order chi connectivity index (χ1) is 18.1. The number of ether oxygens (including phenoxy) is 1. The van der Waals surface area contributed by atoms with Crippen molar-refractivity contribution in [1.29, 1.82) is 0 Å². The Bertz CT molecular complexity index is 1440. The Morgan fingerprint density at radius 1 is 1.34 bits per heavy atom. The normalized spacial score (nSPS) is 17.0. The zero-order chi connectivity index (χ0) is 29.1. The number of carbonyl (C=O) groups excluding carboxylic acids is 3. The van der Waals surface area contributed by atoms with Crippen LogP contribution in [-0.2, 0) is 46.1 Å². The van der Waals surface area contributed by atoms with Crippen molar-refractivity contribution in [1.82, 2.24) is 34.8 Å². The average Bonchev–Trinajstić information content (AvgIpc) is 3.45.